The zero-order valence-electron chi connectivity index (χ0n) is 14.8. The second kappa shape index (κ2) is 9.74. The molecule has 0 aliphatic carbocycles. The maximum atomic E-state index is 11.0. The number of carboxylic acid groups (broad SMARTS) is 1. The van der Waals surface area contributed by atoms with E-state index >= 15 is 0 Å². The topological polar surface area (TPSA) is 96.0 Å². The lowest BCUT2D eigenvalue weighted by molar-refractivity contribution is -0.154. The quantitative estimate of drug-likeness (QED) is 0.775. The third-order valence-electron chi connectivity index (χ3n) is 3.71. The van der Waals surface area contributed by atoms with Gasteiger partial charge in [0.05, 0.1) is 11.7 Å². The van der Waals surface area contributed by atoms with E-state index in [0.717, 1.165) is 0 Å². The number of rotatable bonds is 4. The molecule has 0 radical (unpaired) electrons. The summed E-state index contributed by atoms with van der Waals surface area (Å²) >= 11 is 0. The average molecular weight is 338 g/mol. The Kier molecular flexibility index (Phi) is 8.35. The van der Waals surface area contributed by atoms with Crippen LogP contribution in [0.15, 0.2) is 30.3 Å². The van der Waals surface area contributed by atoms with Gasteiger partial charge in [0.1, 0.15) is 12.8 Å². The molecule has 0 saturated carbocycles. The molecular formula is C18H30N2O4. The Bertz CT molecular complexity index is 488. The molecule has 0 spiro atoms. The summed E-state index contributed by atoms with van der Waals surface area (Å²) in [6.07, 6.45) is 0.382. The molecule has 1 heterocycles. The molecule has 2 atom stereocenters. The molecule has 0 aromatic heterocycles. The smallest absolute Gasteiger partial charge is 0.321 e. The molecular weight excluding hydrogens is 308 g/mol. The van der Waals surface area contributed by atoms with Crippen molar-refractivity contribution in [2.75, 3.05) is 13.3 Å². The van der Waals surface area contributed by atoms with E-state index in [4.69, 9.17) is 15.6 Å². The molecule has 24 heavy (non-hydrogen) atoms. The van der Waals surface area contributed by atoms with Crippen LogP contribution in [0.25, 0.3) is 0 Å². The number of aliphatic hydroxyl groups is 1. The van der Waals surface area contributed by atoms with Gasteiger partial charge in [-0.3, -0.25) is 9.69 Å². The molecule has 1 aliphatic heterocycles. The molecule has 6 heteroatoms. The second-order valence-electron chi connectivity index (χ2n) is 6.92. The fraction of sp³-hybridized carbons (Fsp3) is 0.611. The highest BCUT2D eigenvalue weighted by Crippen LogP contribution is 2.19. The number of piperidine rings is 1. The van der Waals surface area contributed by atoms with E-state index in [9.17, 15) is 9.90 Å². The molecule has 2 rings (SSSR count). The third kappa shape index (κ3) is 7.88. The second-order valence-corrected chi connectivity index (χ2v) is 6.92. The highest BCUT2D eigenvalue weighted by Gasteiger charge is 2.33. The van der Waals surface area contributed by atoms with Gasteiger partial charge in [-0.25, -0.2) is 0 Å². The molecule has 0 amide bonds. The maximum absolute atomic E-state index is 11.0. The Morgan fingerprint density at radius 3 is 2.42 bits per heavy atom. The normalized spacial score (nSPS) is 21.7. The zero-order valence-corrected chi connectivity index (χ0v) is 14.8. The summed E-state index contributed by atoms with van der Waals surface area (Å²) in [7, 11) is 0. The number of carboxylic acids is 1. The van der Waals surface area contributed by atoms with Crippen molar-refractivity contribution in [3.05, 3.63) is 35.9 Å². The fourth-order valence-corrected chi connectivity index (χ4v) is 2.30. The molecule has 136 valence electrons. The first-order valence-corrected chi connectivity index (χ1v) is 8.26. The molecule has 0 unspecified atom stereocenters. The number of hydrogen-bond acceptors (Lipinski definition) is 5. The lowest BCUT2D eigenvalue weighted by atomic mass is 10.0. The van der Waals surface area contributed by atoms with E-state index in [0.29, 0.717) is 26.2 Å². The first-order chi connectivity index (χ1) is 11.2. The predicted molar refractivity (Wildman–Crippen MR) is 93.4 cm³/mol. The van der Waals surface area contributed by atoms with Crippen LogP contribution in [-0.4, -0.2) is 52.1 Å². The summed E-state index contributed by atoms with van der Waals surface area (Å²) < 4.78 is 5.57. The first-order valence-electron chi connectivity index (χ1n) is 8.26. The summed E-state index contributed by atoms with van der Waals surface area (Å²) in [5.74, 6) is -0.892. The molecule has 4 N–H and O–H groups in total. The number of carbonyl (C=O) groups is 1. The van der Waals surface area contributed by atoms with E-state index in [-0.39, 0.29) is 12.0 Å². The Morgan fingerprint density at radius 2 is 1.96 bits per heavy atom. The van der Waals surface area contributed by atoms with Gasteiger partial charge in [0.25, 0.3) is 0 Å². The fourth-order valence-electron chi connectivity index (χ4n) is 2.30. The molecule has 1 aliphatic rings. The van der Waals surface area contributed by atoms with Crippen LogP contribution in [0.1, 0.15) is 39.2 Å². The summed E-state index contributed by atoms with van der Waals surface area (Å²) in [4.78, 5) is 12.8. The van der Waals surface area contributed by atoms with Crippen molar-refractivity contribution in [2.24, 2.45) is 5.73 Å². The highest BCUT2D eigenvalue weighted by atomic mass is 16.5. The van der Waals surface area contributed by atoms with Gasteiger partial charge in [0.15, 0.2) is 0 Å². The number of aliphatic hydroxyl groups excluding tert-OH is 1. The van der Waals surface area contributed by atoms with Crippen molar-refractivity contribution >= 4 is 5.97 Å². The predicted octanol–water partition coefficient (Wildman–Crippen LogP) is 1.81. The van der Waals surface area contributed by atoms with Crippen LogP contribution < -0.4 is 5.73 Å². The van der Waals surface area contributed by atoms with Gasteiger partial charge in [-0.2, -0.15) is 0 Å². The minimum Gasteiger partial charge on any atom is -0.480 e. The van der Waals surface area contributed by atoms with Crippen LogP contribution in [0.3, 0.4) is 0 Å². The maximum Gasteiger partial charge on any atom is 0.321 e. The summed E-state index contributed by atoms with van der Waals surface area (Å²) in [6.45, 7) is 7.30. The molecule has 1 saturated heterocycles. The average Bonchev–Trinajstić information content (AvgIpc) is 2.54. The minimum atomic E-state index is -0.892. The highest BCUT2D eigenvalue weighted by molar-refractivity contribution is 5.73. The SMILES string of the molecule is CC(C)(C)OCN1CC[C@@H](O)C[C@@H]1C(=O)O.NCc1ccccc1. The number of hydrogen-bond donors (Lipinski definition) is 3. The molecule has 1 aromatic carbocycles. The summed E-state index contributed by atoms with van der Waals surface area (Å²) in [6, 6.07) is 9.36. The van der Waals surface area contributed by atoms with Gasteiger partial charge < -0.3 is 20.7 Å². The Hall–Kier alpha value is -1.47. The van der Waals surface area contributed by atoms with Gasteiger partial charge in [-0.05, 0) is 39.2 Å². The number of ether oxygens (including phenoxy) is 1. The lowest BCUT2D eigenvalue weighted by Gasteiger charge is -2.36. The van der Waals surface area contributed by atoms with Gasteiger partial charge in [0, 0.05) is 13.1 Å². The number of likely N-dealkylation sites (tertiary alicyclic amines) is 1. The Balaban J connectivity index is 0.000000300. The van der Waals surface area contributed by atoms with Gasteiger partial charge in [-0.1, -0.05) is 30.3 Å². The van der Waals surface area contributed by atoms with Crippen LogP contribution in [0.4, 0.5) is 0 Å². The van der Waals surface area contributed by atoms with Crippen LogP contribution in [-0.2, 0) is 16.1 Å². The standard InChI is InChI=1S/C11H21NO4.C7H9N/c1-11(2,3)16-7-12-5-4-8(13)6-9(12)10(14)15;8-6-7-4-2-1-3-5-7/h8-9,13H,4-7H2,1-3H3,(H,14,15);1-5H,6,8H2/t8-,9-;/m1./s1. The summed E-state index contributed by atoms with van der Waals surface area (Å²) in [5, 5.41) is 18.5. The number of nitrogens with two attached hydrogens (primary N) is 1. The van der Waals surface area contributed by atoms with Crippen molar-refractivity contribution in [2.45, 2.75) is 57.9 Å². The number of nitrogens with zero attached hydrogens (tertiary/aromatic N) is 1. The molecule has 1 aromatic rings. The van der Waals surface area contributed by atoms with E-state index in [1.165, 1.54) is 5.56 Å². The minimum absolute atomic E-state index is 0.279. The summed E-state index contributed by atoms with van der Waals surface area (Å²) in [5.41, 5.74) is 6.26. The van der Waals surface area contributed by atoms with Crippen molar-refractivity contribution < 1.29 is 19.7 Å². The van der Waals surface area contributed by atoms with E-state index in [1.54, 1.807) is 4.90 Å². The lowest BCUT2D eigenvalue weighted by Crippen LogP contribution is -2.50. The number of aliphatic carboxylic acids is 1. The Labute approximate surface area is 144 Å². The monoisotopic (exact) mass is 338 g/mol. The van der Waals surface area contributed by atoms with Gasteiger partial charge in [0.2, 0.25) is 0 Å². The molecule has 0 bridgehead atoms. The van der Waals surface area contributed by atoms with Crippen LogP contribution in [0.5, 0.6) is 0 Å². The molecule has 1 fully saturated rings. The Morgan fingerprint density at radius 1 is 1.33 bits per heavy atom. The zero-order chi connectivity index (χ0) is 18.2. The van der Waals surface area contributed by atoms with Crippen LogP contribution >= 0.6 is 0 Å². The van der Waals surface area contributed by atoms with Crippen molar-refractivity contribution in [3.63, 3.8) is 0 Å². The number of benzene rings is 1. The van der Waals surface area contributed by atoms with E-state index < -0.39 is 18.1 Å². The van der Waals surface area contributed by atoms with Gasteiger partial charge >= 0.3 is 5.97 Å². The van der Waals surface area contributed by atoms with Gasteiger partial charge in [-0.15, -0.1) is 0 Å². The van der Waals surface area contributed by atoms with Crippen molar-refractivity contribution in [1.29, 1.82) is 0 Å². The van der Waals surface area contributed by atoms with Crippen molar-refractivity contribution in [1.82, 2.24) is 4.90 Å². The van der Waals surface area contributed by atoms with Crippen LogP contribution in [0.2, 0.25) is 0 Å². The molecule has 6 nitrogen and oxygen atoms in total. The first kappa shape index (κ1) is 20.6. The van der Waals surface area contributed by atoms with E-state index in [1.807, 2.05) is 51.1 Å². The van der Waals surface area contributed by atoms with Crippen LogP contribution in [0, 0.1) is 0 Å². The largest absolute Gasteiger partial charge is 0.480 e. The van der Waals surface area contributed by atoms with E-state index in [2.05, 4.69) is 0 Å². The third-order valence-corrected chi connectivity index (χ3v) is 3.71. The van der Waals surface area contributed by atoms with Crippen molar-refractivity contribution in [3.8, 4) is 0 Å².